The fraction of sp³-hybridized carbons (Fsp3) is 0.167. The van der Waals surface area contributed by atoms with E-state index in [1.54, 1.807) is 24.0 Å². The zero-order valence-electron chi connectivity index (χ0n) is 9.02. The average Bonchev–Trinajstić information content (AvgIpc) is 2.62. The van der Waals surface area contributed by atoms with Gasteiger partial charge in [0.15, 0.2) is 0 Å². The van der Waals surface area contributed by atoms with Crippen LogP contribution in [0.15, 0.2) is 33.6 Å². The summed E-state index contributed by atoms with van der Waals surface area (Å²) >= 11 is 0. The van der Waals surface area contributed by atoms with Crippen molar-refractivity contribution in [2.75, 3.05) is 0 Å². The van der Waals surface area contributed by atoms with Crippen molar-refractivity contribution in [1.82, 2.24) is 9.78 Å². The van der Waals surface area contributed by atoms with Crippen LogP contribution >= 0.6 is 0 Å². The Labute approximate surface area is 91.1 Å². The molecule has 0 radical (unpaired) electrons. The van der Waals surface area contributed by atoms with Gasteiger partial charge in [-0.1, -0.05) is 11.6 Å². The Kier molecular flexibility index (Phi) is 1.68. The first-order valence-electron chi connectivity index (χ1n) is 5.02. The van der Waals surface area contributed by atoms with Gasteiger partial charge in [0.1, 0.15) is 16.5 Å². The third kappa shape index (κ3) is 1.16. The molecule has 4 nitrogen and oxygen atoms in total. The van der Waals surface area contributed by atoms with Crippen LogP contribution in [0.2, 0.25) is 0 Å². The van der Waals surface area contributed by atoms with Crippen LogP contribution in [0.3, 0.4) is 0 Å². The summed E-state index contributed by atoms with van der Waals surface area (Å²) in [7, 11) is 1.79. The molecule has 0 atom stereocenters. The van der Waals surface area contributed by atoms with E-state index in [1.807, 2.05) is 19.1 Å². The molecule has 0 N–H and O–H groups in total. The van der Waals surface area contributed by atoms with Gasteiger partial charge in [0, 0.05) is 18.6 Å². The first-order chi connectivity index (χ1) is 7.65. The summed E-state index contributed by atoms with van der Waals surface area (Å²) in [5, 5.41) is 5.71. The maximum Gasteiger partial charge on any atom is 0.347 e. The molecule has 16 heavy (non-hydrogen) atoms. The van der Waals surface area contributed by atoms with Gasteiger partial charge < -0.3 is 4.42 Å². The summed E-state index contributed by atoms with van der Waals surface area (Å²) in [6, 6.07) is 5.70. The molecule has 2 aromatic heterocycles. The summed E-state index contributed by atoms with van der Waals surface area (Å²) < 4.78 is 6.86. The Hall–Kier alpha value is -2.10. The molecule has 0 fully saturated rings. The second-order valence-electron chi connectivity index (χ2n) is 3.95. The van der Waals surface area contributed by atoms with Crippen LogP contribution in [0.5, 0.6) is 0 Å². The Balaban J connectivity index is 2.65. The van der Waals surface area contributed by atoms with E-state index in [4.69, 9.17) is 4.42 Å². The minimum absolute atomic E-state index is 0.334. The molecule has 4 heteroatoms. The molecule has 1 aromatic carbocycles. The predicted molar refractivity (Wildman–Crippen MR) is 61.5 cm³/mol. The molecule has 0 aliphatic heterocycles. The molecule has 0 amide bonds. The quantitative estimate of drug-likeness (QED) is 0.538. The molecule has 0 unspecified atom stereocenters. The van der Waals surface area contributed by atoms with Crippen molar-refractivity contribution in [3.8, 4) is 0 Å². The first-order valence-corrected chi connectivity index (χ1v) is 5.02. The maximum atomic E-state index is 11.7. The van der Waals surface area contributed by atoms with E-state index >= 15 is 0 Å². The number of fused-ring (bicyclic) bond motifs is 3. The van der Waals surface area contributed by atoms with E-state index in [2.05, 4.69) is 5.10 Å². The Morgan fingerprint density at radius 2 is 2.12 bits per heavy atom. The van der Waals surface area contributed by atoms with E-state index in [-0.39, 0.29) is 5.63 Å². The van der Waals surface area contributed by atoms with Crippen molar-refractivity contribution >= 4 is 21.9 Å². The molecule has 0 aliphatic rings. The Morgan fingerprint density at radius 1 is 1.31 bits per heavy atom. The predicted octanol–water partition coefficient (Wildman–Crippen LogP) is 1.99. The van der Waals surface area contributed by atoms with Gasteiger partial charge in [-0.05, 0) is 19.1 Å². The van der Waals surface area contributed by atoms with E-state index < -0.39 is 0 Å². The number of aromatic nitrogens is 2. The molecular weight excluding hydrogens is 204 g/mol. The van der Waals surface area contributed by atoms with Crippen LogP contribution in [0.25, 0.3) is 21.9 Å². The van der Waals surface area contributed by atoms with Crippen LogP contribution in [-0.4, -0.2) is 9.78 Å². The molecule has 3 aromatic rings. The number of benzene rings is 1. The average molecular weight is 214 g/mol. The standard InChI is InChI=1S/C12H10N2O2/c1-7-3-4-10-8(5-7)11-9(12(15)16-10)6-14(2)13-11/h3-6H,1-2H3. The number of nitrogens with zero attached hydrogens (tertiary/aromatic N) is 2. The van der Waals surface area contributed by atoms with Crippen molar-refractivity contribution < 1.29 is 4.42 Å². The normalized spacial score (nSPS) is 11.4. The lowest BCUT2D eigenvalue weighted by atomic mass is 10.1. The van der Waals surface area contributed by atoms with Gasteiger partial charge in [-0.3, -0.25) is 4.68 Å². The van der Waals surface area contributed by atoms with Crippen molar-refractivity contribution in [1.29, 1.82) is 0 Å². The molecule has 0 aliphatic carbocycles. The molecule has 0 spiro atoms. The highest BCUT2D eigenvalue weighted by molar-refractivity contribution is 6.01. The van der Waals surface area contributed by atoms with Crippen LogP contribution in [0.1, 0.15) is 5.56 Å². The Morgan fingerprint density at radius 3 is 2.94 bits per heavy atom. The largest absolute Gasteiger partial charge is 0.422 e. The highest BCUT2D eigenvalue weighted by Gasteiger charge is 2.10. The number of hydrogen-bond acceptors (Lipinski definition) is 3. The molecule has 0 saturated carbocycles. The molecule has 0 saturated heterocycles. The lowest BCUT2D eigenvalue weighted by molar-refractivity contribution is 0.569. The second kappa shape index (κ2) is 2.95. The SMILES string of the molecule is Cc1ccc2oc(=O)c3cn(C)nc3c2c1. The lowest BCUT2D eigenvalue weighted by Gasteiger charge is -1.98. The highest BCUT2D eigenvalue weighted by atomic mass is 16.4. The van der Waals surface area contributed by atoms with E-state index in [0.29, 0.717) is 16.5 Å². The van der Waals surface area contributed by atoms with E-state index in [9.17, 15) is 4.79 Å². The van der Waals surface area contributed by atoms with Crippen molar-refractivity contribution in [2.24, 2.45) is 7.05 Å². The van der Waals surface area contributed by atoms with Gasteiger partial charge in [-0.15, -0.1) is 0 Å². The third-order valence-electron chi connectivity index (χ3n) is 2.64. The summed E-state index contributed by atoms with van der Waals surface area (Å²) in [4.78, 5) is 11.7. The summed E-state index contributed by atoms with van der Waals surface area (Å²) in [5.41, 5.74) is 2.08. The van der Waals surface area contributed by atoms with Crippen LogP contribution in [-0.2, 0) is 7.05 Å². The number of hydrogen-bond donors (Lipinski definition) is 0. The highest BCUT2D eigenvalue weighted by Crippen LogP contribution is 2.21. The number of rotatable bonds is 0. The smallest absolute Gasteiger partial charge is 0.347 e. The minimum Gasteiger partial charge on any atom is -0.422 e. The van der Waals surface area contributed by atoms with Gasteiger partial charge in [0.25, 0.3) is 0 Å². The summed E-state index contributed by atoms with van der Waals surface area (Å²) in [6.07, 6.45) is 1.68. The minimum atomic E-state index is -0.334. The number of aryl methyl sites for hydroxylation is 2. The van der Waals surface area contributed by atoms with E-state index in [1.165, 1.54) is 0 Å². The van der Waals surface area contributed by atoms with Crippen LogP contribution < -0.4 is 5.63 Å². The van der Waals surface area contributed by atoms with Crippen molar-refractivity contribution in [3.05, 3.63) is 40.4 Å². The van der Waals surface area contributed by atoms with Crippen LogP contribution in [0, 0.1) is 6.92 Å². The summed E-state index contributed by atoms with van der Waals surface area (Å²) in [5.74, 6) is 0. The monoisotopic (exact) mass is 214 g/mol. The van der Waals surface area contributed by atoms with Gasteiger partial charge in [0.2, 0.25) is 0 Å². The third-order valence-corrected chi connectivity index (χ3v) is 2.64. The van der Waals surface area contributed by atoms with Gasteiger partial charge in [0.05, 0.1) is 0 Å². The Bertz CT molecular complexity index is 753. The lowest BCUT2D eigenvalue weighted by Crippen LogP contribution is -1.97. The van der Waals surface area contributed by atoms with Gasteiger partial charge in [-0.2, -0.15) is 5.10 Å². The maximum absolute atomic E-state index is 11.7. The zero-order valence-corrected chi connectivity index (χ0v) is 9.02. The molecule has 0 bridgehead atoms. The fourth-order valence-electron chi connectivity index (χ4n) is 1.91. The molecule has 2 heterocycles. The first kappa shape index (κ1) is 9.15. The van der Waals surface area contributed by atoms with Gasteiger partial charge in [-0.25, -0.2) is 4.79 Å². The van der Waals surface area contributed by atoms with Crippen LogP contribution in [0.4, 0.5) is 0 Å². The zero-order chi connectivity index (χ0) is 11.3. The van der Waals surface area contributed by atoms with Gasteiger partial charge >= 0.3 is 5.63 Å². The van der Waals surface area contributed by atoms with E-state index in [0.717, 1.165) is 10.9 Å². The fourth-order valence-corrected chi connectivity index (χ4v) is 1.91. The topological polar surface area (TPSA) is 48.0 Å². The van der Waals surface area contributed by atoms with Crippen molar-refractivity contribution in [3.63, 3.8) is 0 Å². The second-order valence-corrected chi connectivity index (χ2v) is 3.95. The summed E-state index contributed by atoms with van der Waals surface area (Å²) in [6.45, 7) is 2.00. The molecule has 3 rings (SSSR count). The molecule has 80 valence electrons. The van der Waals surface area contributed by atoms with Crippen molar-refractivity contribution in [2.45, 2.75) is 6.92 Å². The molecular formula is C12H10N2O2.